The third-order valence-electron chi connectivity index (χ3n) is 6.11. The lowest BCUT2D eigenvalue weighted by molar-refractivity contribution is -0.0985. The van der Waals surface area contributed by atoms with E-state index in [1.807, 2.05) is 36.4 Å². The molecule has 3 aliphatic rings. The Balaban J connectivity index is 1.21. The molecule has 0 radical (unpaired) electrons. The monoisotopic (exact) mass is 407 g/mol. The van der Waals surface area contributed by atoms with Crippen LogP contribution >= 0.6 is 11.3 Å². The van der Waals surface area contributed by atoms with Crippen molar-refractivity contribution >= 4 is 38.3 Å². The number of benzene rings is 2. The number of thiazole rings is 1. The fourth-order valence-electron chi connectivity index (χ4n) is 4.38. The van der Waals surface area contributed by atoms with Gasteiger partial charge in [-0.1, -0.05) is 11.3 Å². The molecule has 3 aliphatic heterocycles. The van der Waals surface area contributed by atoms with Crippen LogP contribution in [0.15, 0.2) is 36.4 Å². The molecule has 2 saturated heterocycles. The summed E-state index contributed by atoms with van der Waals surface area (Å²) in [6, 6.07) is 11.6. The van der Waals surface area contributed by atoms with E-state index in [0.717, 1.165) is 65.1 Å². The molecular weight excluding hydrogens is 386 g/mol. The van der Waals surface area contributed by atoms with Crippen molar-refractivity contribution in [2.75, 3.05) is 43.1 Å². The lowest BCUT2D eigenvalue weighted by Gasteiger charge is -2.37. The molecule has 0 unspecified atom stereocenters. The van der Waals surface area contributed by atoms with Crippen molar-refractivity contribution in [3.8, 4) is 5.75 Å². The normalized spacial score (nSPS) is 19.2. The predicted molar refractivity (Wildman–Crippen MR) is 113 cm³/mol. The Kier molecular flexibility index (Phi) is 3.82. The zero-order chi connectivity index (χ0) is 19.4. The van der Waals surface area contributed by atoms with Crippen molar-refractivity contribution in [3.05, 3.63) is 47.5 Å². The number of amides is 1. The average Bonchev–Trinajstić information content (AvgIpc) is 3.43. The van der Waals surface area contributed by atoms with Gasteiger partial charge in [-0.15, -0.1) is 0 Å². The lowest BCUT2D eigenvalue weighted by Crippen LogP contribution is -2.44. The van der Waals surface area contributed by atoms with Gasteiger partial charge in [-0.3, -0.25) is 4.79 Å². The summed E-state index contributed by atoms with van der Waals surface area (Å²) in [6.07, 6.45) is 2.03. The Bertz CT molecular complexity index is 1120. The number of rotatable bonds is 3. The van der Waals surface area contributed by atoms with E-state index in [1.165, 1.54) is 6.42 Å². The topological polar surface area (TPSA) is 63.7 Å². The van der Waals surface area contributed by atoms with Crippen molar-refractivity contribution in [1.82, 2.24) is 4.98 Å². The molecule has 7 heteroatoms. The van der Waals surface area contributed by atoms with E-state index in [2.05, 4.69) is 10.2 Å². The first kappa shape index (κ1) is 17.2. The van der Waals surface area contributed by atoms with Gasteiger partial charge in [-0.05, 0) is 48.4 Å². The molecule has 4 heterocycles. The molecule has 2 aromatic carbocycles. The van der Waals surface area contributed by atoms with Gasteiger partial charge < -0.3 is 19.7 Å². The highest BCUT2D eigenvalue weighted by Crippen LogP contribution is 2.41. The van der Waals surface area contributed by atoms with Crippen molar-refractivity contribution in [2.45, 2.75) is 12.8 Å². The highest BCUT2D eigenvalue weighted by Gasteiger charge is 2.45. The first-order chi connectivity index (χ1) is 14.2. The maximum absolute atomic E-state index is 12.7. The van der Waals surface area contributed by atoms with Crippen LogP contribution in [0.4, 0.5) is 10.8 Å². The largest absolute Gasteiger partial charge is 0.493 e. The zero-order valence-electron chi connectivity index (χ0n) is 15.9. The minimum absolute atomic E-state index is 0.110. The summed E-state index contributed by atoms with van der Waals surface area (Å²) >= 11 is 1.71. The number of nitrogens with one attached hydrogen (secondary N) is 1. The second-order valence-corrected chi connectivity index (χ2v) is 9.23. The predicted octanol–water partition coefficient (Wildman–Crippen LogP) is 3.71. The van der Waals surface area contributed by atoms with E-state index in [1.54, 1.807) is 11.3 Å². The van der Waals surface area contributed by atoms with Crippen LogP contribution in [0.2, 0.25) is 0 Å². The molecular formula is C22H21N3O3S. The number of ether oxygens (including phenoxy) is 2. The third-order valence-corrected chi connectivity index (χ3v) is 7.21. The molecule has 1 aromatic heterocycles. The summed E-state index contributed by atoms with van der Waals surface area (Å²) in [5, 5.41) is 4.07. The van der Waals surface area contributed by atoms with E-state index in [4.69, 9.17) is 14.5 Å². The van der Waals surface area contributed by atoms with Crippen LogP contribution in [-0.4, -0.2) is 43.8 Å². The van der Waals surface area contributed by atoms with E-state index < -0.39 is 0 Å². The van der Waals surface area contributed by atoms with Gasteiger partial charge in [0.15, 0.2) is 5.13 Å². The Hall–Kier alpha value is -2.64. The molecule has 1 spiro atoms. The highest BCUT2D eigenvalue weighted by atomic mass is 32.1. The summed E-state index contributed by atoms with van der Waals surface area (Å²) in [7, 11) is 0. The molecule has 148 valence electrons. The van der Waals surface area contributed by atoms with Gasteiger partial charge in [0, 0.05) is 36.2 Å². The lowest BCUT2D eigenvalue weighted by atomic mass is 9.85. The van der Waals surface area contributed by atoms with Gasteiger partial charge in [0.25, 0.3) is 5.91 Å². The maximum atomic E-state index is 12.7. The van der Waals surface area contributed by atoms with E-state index in [-0.39, 0.29) is 5.91 Å². The number of hydrogen-bond donors (Lipinski definition) is 1. The fourth-order valence-corrected chi connectivity index (χ4v) is 5.35. The fraction of sp³-hybridized carbons (Fsp3) is 0.364. The van der Waals surface area contributed by atoms with Gasteiger partial charge in [-0.2, -0.15) is 0 Å². The molecule has 1 amide bonds. The second kappa shape index (κ2) is 6.43. The van der Waals surface area contributed by atoms with Gasteiger partial charge in [0.05, 0.1) is 30.0 Å². The van der Waals surface area contributed by atoms with Gasteiger partial charge >= 0.3 is 0 Å². The van der Waals surface area contributed by atoms with E-state index in [0.29, 0.717) is 17.6 Å². The number of carbonyl (C=O) groups excluding carboxylic acids is 1. The molecule has 3 aromatic rings. The summed E-state index contributed by atoms with van der Waals surface area (Å²) in [5.74, 6) is 0.774. The second-order valence-electron chi connectivity index (χ2n) is 8.22. The van der Waals surface area contributed by atoms with Crippen molar-refractivity contribution in [1.29, 1.82) is 0 Å². The maximum Gasteiger partial charge on any atom is 0.255 e. The molecule has 6 rings (SSSR count). The number of fused-ring (bicyclic) bond motifs is 2. The smallest absolute Gasteiger partial charge is 0.255 e. The molecule has 0 aliphatic carbocycles. The number of nitrogens with zero attached hydrogens (tertiary/aromatic N) is 2. The molecule has 0 saturated carbocycles. The minimum atomic E-state index is -0.110. The molecule has 6 nitrogen and oxygen atoms in total. The summed E-state index contributed by atoms with van der Waals surface area (Å²) in [5.41, 5.74) is 3.78. The van der Waals surface area contributed by atoms with Crippen molar-refractivity contribution in [3.63, 3.8) is 0 Å². The molecule has 0 atom stereocenters. The molecule has 0 bridgehead atoms. The van der Waals surface area contributed by atoms with Gasteiger partial charge in [-0.25, -0.2) is 4.98 Å². The first-order valence-corrected chi connectivity index (χ1v) is 10.8. The Morgan fingerprint density at radius 3 is 2.97 bits per heavy atom. The summed E-state index contributed by atoms with van der Waals surface area (Å²) in [6.45, 7) is 4.50. The Morgan fingerprint density at radius 2 is 2.14 bits per heavy atom. The van der Waals surface area contributed by atoms with Crippen LogP contribution < -0.4 is 15.0 Å². The number of hydrogen-bond acceptors (Lipinski definition) is 6. The van der Waals surface area contributed by atoms with Crippen LogP contribution in [0.1, 0.15) is 22.3 Å². The number of anilines is 2. The van der Waals surface area contributed by atoms with E-state index in [9.17, 15) is 4.79 Å². The standard InChI is InChI=1S/C22H21N3O3S/c26-20(15-1-3-18-14(9-15)5-8-28-18)23-16-2-4-19-17(10-16)24-21(29-19)25-7-6-22(11-25)12-27-13-22/h1-4,9-10H,5-8,11-13H2,(H,23,26). The quantitative estimate of drug-likeness (QED) is 0.717. The van der Waals surface area contributed by atoms with Crippen LogP contribution in [-0.2, 0) is 11.2 Å². The summed E-state index contributed by atoms with van der Waals surface area (Å²) in [4.78, 5) is 19.9. The third kappa shape index (κ3) is 2.96. The van der Waals surface area contributed by atoms with Crippen molar-refractivity contribution in [2.24, 2.45) is 5.41 Å². The number of aromatic nitrogens is 1. The molecule has 29 heavy (non-hydrogen) atoms. The summed E-state index contributed by atoms with van der Waals surface area (Å²) < 4.78 is 12.1. The van der Waals surface area contributed by atoms with Crippen LogP contribution in [0.5, 0.6) is 5.75 Å². The van der Waals surface area contributed by atoms with Crippen LogP contribution in [0.3, 0.4) is 0 Å². The zero-order valence-corrected chi connectivity index (χ0v) is 16.8. The van der Waals surface area contributed by atoms with E-state index >= 15 is 0 Å². The Labute approximate surface area is 172 Å². The first-order valence-electron chi connectivity index (χ1n) is 9.98. The average molecular weight is 407 g/mol. The molecule has 2 fully saturated rings. The van der Waals surface area contributed by atoms with Gasteiger partial charge in [0.1, 0.15) is 5.75 Å². The number of carbonyl (C=O) groups is 1. The van der Waals surface area contributed by atoms with Crippen LogP contribution in [0, 0.1) is 5.41 Å². The Morgan fingerprint density at radius 1 is 1.21 bits per heavy atom. The van der Waals surface area contributed by atoms with Crippen molar-refractivity contribution < 1.29 is 14.3 Å². The highest BCUT2D eigenvalue weighted by molar-refractivity contribution is 7.22. The van der Waals surface area contributed by atoms with Gasteiger partial charge in [0.2, 0.25) is 0 Å². The van der Waals surface area contributed by atoms with Crippen LogP contribution in [0.25, 0.3) is 10.2 Å². The minimum Gasteiger partial charge on any atom is -0.493 e. The molecule has 1 N–H and O–H groups in total. The SMILES string of the molecule is O=C(Nc1ccc2sc(N3CCC4(COC4)C3)nc2c1)c1ccc2c(c1)CCO2.